The molecular weight excluding hydrogens is 872 g/mol. The van der Waals surface area contributed by atoms with Gasteiger partial charge in [-0.2, -0.15) is 16.1 Å². The maximum atomic E-state index is 11.6. The lowest BCUT2D eigenvalue weighted by Gasteiger charge is -2.19. The zero-order valence-corrected chi connectivity index (χ0v) is 38.3. The van der Waals surface area contributed by atoms with Crippen molar-refractivity contribution in [2.24, 2.45) is 0 Å². The second-order valence-electron chi connectivity index (χ2n) is 13.6. The van der Waals surface area contributed by atoms with Gasteiger partial charge in [0, 0.05) is 70.8 Å². The quantitative estimate of drug-likeness (QED) is 0.106. The van der Waals surface area contributed by atoms with E-state index in [0.29, 0.717) is 36.2 Å². The molecule has 4 aromatic heterocycles. The Morgan fingerprint density at radius 1 is 0.698 bits per heavy atom. The first-order chi connectivity index (χ1) is 24.4. The zero-order chi connectivity index (χ0) is 41.1. The van der Waals surface area contributed by atoms with Crippen LogP contribution in [0.5, 0.6) is 5.88 Å². The average Bonchev–Trinajstić information content (AvgIpc) is 3.02. The molecule has 4 N–H and O–H groups in total. The van der Waals surface area contributed by atoms with Gasteiger partial charge in [0.1, 0.15) is 13.2 Å². The van der Waals surface area contributed by atoms with Crippen LogP contribution < -0.4 is 38.2 Å². The smallest absolute Gasteiger partial charge is 0.328 e. The topological polar surface area (TPSA) is 210 Å². The molecule has 0 spiro atoms. The van der Waals surface area contributed by atoms with Gasteiger partial charge < -0.3 is 18.5 Å². The summed E-state index contributed by atoms with van der Waals surface area (Å²) in [5, 5.41) is 2.22. The van der Waals surface area contributed by atoms with Crippen molar-refractivity contribution < 1.29 is 4.43 Å². The Bertz CT molecular complexity index is 2000. The van der Waals surface area contributed by atoms with Crippen LogP contribution in [-0.4, -0.2) is 65.4 Å². The maximum absolute atomic E-state index is 11.6. The number of rotatable bonds is 8. The van der Waals surface area contributed by atoms with Crippen LogP contribution in [-0.2, 0) is 13.1 Å². The van der Waals surface area contributed by atoms with E-state index in [9.17, 15) is 28.8 Å². The number of nitrogens with one attached hydrogen (secondary N) is 4. The number of aromatic amines is 4. The lowest BCUT2D eigenvalue weighted by Crippen LogP contribution is -2.33. The molecule has 0 aromatic carbocycles. The lowest BCUT2D eigenvalue weighted by molar-refractivity contribution is 0.524. The summed E-state index contributed by atoms with van der Waals surface area (Å²) in [5.74, 6) is 1.51. The molecule has 0 bridgehead atoms. The van der Waals surface area contributed by atoms with Gasteiger partial charge in [0.05, 0.1) is 0 Å². The first kappa shape index (κ1) is 49.6. The number of aromatic nitrogens is 8. The average molecular weight is 925 g/mol. The first-order valence-electron chi connectivity index (χ1n) is 16.6. The van der Waals surface area contributed by atoms with E-state index in [0.717, 1.165) is 27.9 Å². The summed E-state index contributed by atoms with van der Waals surface area (Å²) < 4.78 is 8.58. The fourth-order valence-electron chi connectivity index (χ4n) is 3.41. The summed E-state index contributed by atoms with van der Waals surface area (Å²) in [6, 6.07) is 0. The van der Waals surface area contributed by atoms with Crippen LogP contribution in [0.4, 0.5) is 0 Å². The molecule has 4 aromatic rings. The molecule has 0 atom stereocenters. The molecule has 0 unspecified atom stereocenters. The summed E-state index contributed by atoms with van der Waals surface area (Å²) in [4.78, 5) is 83.8. The van der Waals surface area contributed by atoms with Crippen molar-refractivity contribution in [3.05, 3.63) is 115 Å². The van der Waals surface area contributed by atoms with Crippen molar-refractivity contribution in [2.75, 3.05) is 10.7 Å². The van der Waals surface area contributed by atoms with E-state index in [4.69, 9.17) is 15.5 Å². The largest absolute Gasteiger partial charge is 0.531 e. The highest BCUT2D eigenvalue weighted by atomic mass is 79.9. The lowest BCUT2D eigenvalue weighted by atomic mass is 10.3. The normalized spacial score (nSPS) is 10.6. The van der Waals surface area contributed by atoms with E-state index >= 15 is 0 Å². The van der Waals surface area contributed by atoms with Gasteiger partial charge in [0.2, 0.25) is 14.2 Å². The molecule has 0 saturated carbocycles. The van der Waals surface area contributed by atoms with E-state index in [1.807, 2.05) is 13.8 Å². The summed E-state index contributed by atoms with van der Waals surface area (Å²) in [5.41, 5.74) is -0.135. The molecule has 4 heterocycles. The highest BCUT2D eigenvalue weighted by Crippen LogP contribution is 2.17. The van der Waals surface area contributed by atoms with Crippen LogP contribution in [0.15, 0.2) is 53.6 Å². The Balaban J connectivity index is 0.000000720. The third kappa shape index (κ3) is 23.1. The first-order valence-corrected chi connectivity index (χ1v) is 26.7. The van der Waals surface area contributed by atoms with Gasteiger partial charge in [-0.1, -0.05) is 51.5 Å². The fourth-order valence-corrected chi connectivity index (χ4v) is 5.51. The van der Waals surface area contributed by atoms with E-state index < -0.39 is 43.9 Å². The highest BCUT2D eigenvalue weighted by Gasteiger charge is 2.18. The van der Waals surface area contributed by atoms with Crippen LogP contribution in [0.25, 0.3) is 0 Å². The van der Waals surface area contributed by atoms with Gasteiger partial charge in [0.25, 0.3) is 16.7 Å². The van der Waals surface area contributed by atoms with Gasteiger partial charge >= 0.3 is 17.1 Å². The summed E-state index contributed by atoms with van der Waals surface area (Å²) in [7, 11) is -2.68. The molecule has 4 rings (SSSR count). The summed E-state index contributed by atoms with van der Waals surface area (Å²) in [6.45, 7) is 22.1. The molecule has 20 heteroatoms. The number of hydrogen-bond donors (Lipinski definition) is 4. The SMILES string of the molecule is BrCCCBr.C[Si](C)(C)Cl.Cc1c[nH]c(=O)[nH]c1=O.Cc1cn(CCCn2cc(C)c(=O)[nH]c2=O)c(=O)[nH]c1=O.Cc1ncc(C)c(O[Si](C)(C)C)n1. The van der Waals surface area contributed by atoms with Crippen molar-refractivity contribution >= 4 is 58.6 Å². The molecule has 0 amide bonds. The van der Waals surface area contributed by atoms with Gasteiger partial charge in [-0.3, -0.25) is 29.3 Å². The third-order valence-electron chi connectivity index (χ3n) is 5.90. The van der Waals surface area contributed by atoms with Crippen LogP contribution in [0.3, 0.4) is 0 Å². The zero-order valence-electron chi connectivity index (χ0n) is 32.3. The van der Waals surface area contributed by atoms with Gasteiger partial charge in [0.15, 0.2) is 0 Å². The summed E-state index contributed by atoms with van der Waals surface area (Å²) >= 11 is 12.2. The van der Waals surface area contributed by atoms with Crippen molar-refractivity contribution in [1.82, 2.24) is 39.0 Å². The molecule has 0 aliphatic rings. The minimum Gasteiger partial charge on any atom is -0.531 e. The molecular formula is C33H53Br2ClN8O7Si2. The number of hydrogen-bond acceptors (Lipinski definition) is 9. The predicted molar refractivity (Wildman–Crippen MR) is 226 cm³/mol. The fraction of sp³-hybridized carbons (Fsp3) is 0.515. The highest BCUT2D eigenvalue weighted by molar-refractivity contribution is 9.09. The maximum Gasteiger partial charge on any atom is 0.328 e. The molecule has 0 fully saturated rings. The number of H-pyrrole nitrogens is 4. The second-order valence-corrected chi connectivity index (χ2v) is 27.1. The molecule has 296 valence electrons. The number of aryl methyl sites for hydroxylation is 7. The van der Waals surface area contributed by atoms with Crippen molar-refractivity contribution in [3.8, 4) is 5.88 Å². The van der Waals surface area contributed by atoms with Crippen LogP contribution in [0.2, 0.25) is 39.3 Å². The second kappa shape index (κ2) is 24.1. The van der Waals surface area contributed by atoms with Crippen molar-refractivity contribution in [2.45, 2.75) is 99.8 Å². The minimum absolute atomic E-state index is 0.334. The monoisotopic (exact) mass is 922 g/mol. The number of nitrogens with zero attached hydrogens (tertiary/aromatic N) is 4. The molecule has 0 aliphatic carbocycles. The van der Waals surface area contributed by atoms with Gasteiger partial charge in [-0.05, 0) is 67.1 Å². The third-order valence-corrected chi connectivity index (χ3v) is 7.82. The van der Waals surface area contributed by atoms with Crippen molar-refractivity contribution in [3.63, 3.8) is 0 Å². The number of alkyl halides is 2. The Morgan fingerprint density at radius 2 is 1.13 bits per heavy atom. The Kier molecular flexibility index (Phi) is 22.6. The molecule has 0 aliphatic heterocycles. The molecule has 0 radical (unpaired) electrons. The van der Waals surface area contributed by atoms with Gasteiger partial charge in [-0.15, -0.1) is 0 Å². The Morgan fingerprint density at radius 3 is 1.49 bits per heavy atom. The van der Waals surface area contributed by atoms with E-state index in [2.05, 4.69) is 101 Å². The van der Waals surface area contributed by atoms with E-state index in [-0.39, 0.29) is 5.56 Å². The van der Waals surface area contributed by atoms with Crippen molar-refractivity contribution in [1.29, 1.82) is 0 Å². The van der Waals surface area contributed by atoms with Crippen LogP contribution in [0, 0.1) is 34.6 Å². The standard InChI is InChI=1S/C13H16N4O4.C9H16N2OSi.C5H6N2O2.C3H6Br2.C3H9ClSi/c1-8-6-16(12(20)14-10(8)18)4-3-5-17-7-9(2)11(19)15-13(17)21;1-7-6-10-8(2)11-9(7)12-13(3,4)5;1-3-2-6-5(9)7-4(3)8;4-2-1-3-5;1-5(2,3)4/h6-7H,3-5H2,1-2H3,(H,14,18,20)(H,15,19,21);6H,1-5H3;2H,1H3,(H2,6,7,8,9);1-3H2;1-3H3. The van der Waals surface area contributed by atoms with Crippen LogP contribution in [0.1, 0.15) is 40.9 Å². The number of halogens is 3. The van der Waals surface area contributed by atoms with Crippen LogP contribution >= 0.6 is 42.9 Å². The Hall–Kier alpha value is -3.40. The predicted octanol–water partition coefficient (Wildman–Crippen LogP) is 5.00. The minimum atomic E-state index is -1.54. The summed E-state index contributed by atoms with van der Waals surface area (Å²) in [6.07, 6.45) is 7.89. The van der Waals surface area contributed by atoms with E-state index in [1.165, 1.54) is 34.1 Å². The van der Waals surface area contributed by atoms with Gasteiger partial charge in [-0.25, -0.2) is 19.4 Å². The molecule has 53 heavy (non-hydrogen) atoms. The van der Waals surface area contributed by atoms with E-state index in [1.54, 1.807) is 27.0 Å². The molecule has 15 nitrogen and oxygen atoms in total. The Labute approximate surface area is 332 Å². The molecule has 0 saturated heterocycles.